The van der Waals surface area contributed by atoms with Gasteiger partial charge in [0.15, 0.2) is 5.82 Å². The van der Waals surface area contributed by atoms with E-state index < -0.39 is 18.1 Å². The zero-order valence-corrected chi connectivity index (χ0v) is 10.3. The molecule has 0 saturated carbocycles. The molecule has 0 fully saturated rings. The lowest BCUT2D eigenvalue weighted by molar-refractivity contribution is 0.539. The average molecular weight is 232 g/mol. The van der Waals surface area contributed by atoms with Crippen LogP contribution >= 0.6 is 0 Å². The summed E-state index contributed by atoms with van der Waals surface area (Å²) >= 11 is 0. The fourth-order valence-electron chi connectivity index (χ4n) is 1.29. The Hall–Kier alpha value is -1.77. The Morgan fingerprint density at radius 2 is 1.65 bits per heavy atom. The Balaban J connectivity index is 2.81. The molecule has 1 heterocycles. The van der Waals surface area contributed by atoms with E-state index in [4.69, 9.17) is 6.85 Å². The summed E-state index contributed by atoms with van der Waals surface area (Å²) in [5.41, 5.74) is -0.336. The van der Waals surface area contributed by atoms with Crippen molar-refractivity contribution >= 4 is 0 Å². The van der Waals surface area contributed by atoms with Crippen molar-refractivity contribution in [2.45, 2.75) is 33.1 Å². The third kappa shape index (κ3) is 2.67. The molecular weight excluding hydrogens is 210 g/mol. The molecule has 17 heavy (non-hydrogen) atoms. The maximum absolute atomic E-state index is 8.00. The van der Waals surface area contributed by atoms with Crippen LogP contribution in [0.4, 0.5) is 0 Å². The molecule has 0 aliphatic rings. The van der Waals surface area contributed by atoms with Gasteiger partial charge in [0.1, 0.15) is 11.6 Å². The van der Waals surface area contributed by atoms with Crippen LogP contribution in [0, 0.1) is 6.92 Å². The largest absolute Gasteiger partial charge is 0.218 e. The third-order valence-corrected chi connectivity index (χ3v) is 2.14. The summed E-state index contributed by atoms with van der Waals surface area (Å²) in [6.45, 7) is 7.50. The van der Waals surface area contributed by atoms with Gasteiger partial charge in [0.25, 0.3) is 0 Å². The van der Waals surface area contributed by atoms with Crippen molar-refractivity contribution in [2.24, 2.45) is 0 Å². The van der Waals surface area contributed by atoms with E-state index in [1.54, 1.807) is 6.92 Å². The molecule has 1 aromatic heterocycles. The highest BCUT2D eigenvalue weighted by molar-refractivity contribution is 5.54. The van der Waals surface area contributed by atoms with E-state index in [1.165, 1.54) is 0 Å². The zero-order valence-electron chi connectivity index (χ0n) is 15.3. The molecule has 0 bridgehead atoms. The second-order valence-corrected chi connectivity index (χ2v) is 4.78. The molecule has 0 amide bonds. The maximum atomic E-state index is 8.00. The van der Waals surface area contributed by atoms with Crippen LogP contribution in [-0.2, 0) is 5.41 Å². The van der Waals surface area contributed by atoms with Gasteiger partial charge in [-0.05, 0) is 6.92 Å². The van der Waals surface area contributed by atoms with Gasteiger partial charge in [-0.25, -0.2) is 15.0 Å². The first-order chi connectivity index (χ1) is 10.0. The predicted molar refractivity (Wildman–Crippen MR) is 68.7 cm³/mol. The SMILES string of the molecule is [2H]c1c([2H])c([2H])c(-c2nc(C)nc(C(C)(C)C)n2)c([2H])c1[2H]. The first kappa shape index (κ1) is 6.84. The molecule has 0 aliphatic carbocycles. The first-order valence-corrected chi connectivity index (χ1v) is 5.34. The van der Waals surface area contributed by atoms with Crippen molar-refractivity contribution in [1.82, 2.24) is 15.0 Å². The van der Waals surface area contributed by atoms with Crippen molar-refractivity contribution in [3.63, 3.8) is 0 Å². The monoisotopic (exact) mass is 232 g/mol. The van der Waals surface area contributed by atoms with E-state index in [-0.39, 0.29) is 28.9 Å². The van der Waals surface area contributed by atoms with Crippen LogP contribution in [0.2, 0.25) is 0 Å². The molecule has 0 atom stereocenters. The molecular formula is C14H17N3. The Labute approximate surface area is 109 Å². The number of benzene rings is 1. The molecule has 0 N–H and O–H groups in total. The topological polar surface area (TPSA) is 38.7 Å². The van der Waals surface area contributed by atoms with Crippen LogP contribution in [-0.4, -0.2) is 15.0 Å². The van der Waals surface area contributed by atoms with Gasteiger partial charge >= 0.3 is 0 Å². The Bertz CT molecular complexity index is 724. The van der Waals surface area contributed by atoms with Gasteiger partial charge in [0.2, 0.25) is 0 Å². The van der Waals surface area contributed by atoms with Crippen molar-refractivity contribution in [1.29, 1.82) is 0 Å². The summed E-state index contributed by atoms with van der Waals surface area (Å²) in [4.78, 5) is 12.8. The van der Waals surface area contributed by atoms with Gasteiger partial charge in [-0.1, -0.05) is 51.0 Å². The van der Waals surface area contributed by atoms with Crippen molar-refractivity contribution in [3.8, 4) is 11.4 Å². The highest BCUT2D eigenvalue weighted by atomic mass is 15.0. The smallest absolute Gasteiger partial charge is 0.163 e. The lowest BCUT2D eigenvalue weighted by Gasteiger charge is -2.17. The summed E-state index contributed by atoms with van der Waals surface area (Å²) < 4.78 is 39.1. The molecule has 1 aromatic carbocycles. The van der Waals surface area contributed by atoms with Crippen LogP contribution in [0.1, 0.15) is 39.3 Å². The van der Waals surface area contributed by atoms with Crippen LogP contribution in [0.15, 0.2) is 30.2 Å². The summed E-state index contributed by atoms with van der Waals surface area (Å²) in [5, 5.41) is 0. The maximum Gasteiger partial charge on any atom is 0.163 e. The normalized spacial score (nSPS) is 15.6. The van der Waals surface area contributed by atoms with E-state index in [0.29, 0.717) is 11.6 Å². The predicted octanol–water partition coefficient (Wildman–Crippen LogP) is 3.14. The standard InChI is InChI=1S/C14H17N3/c1-10-15-12(11-8-6-5-7-9-11)17-13(16-10)14(2,3)4/h5-9H,1-4H3/i5D,6D,7D,8D,9D. The third-order valence-electron chi connectivity index (χ3n) is 2.14. The summed E-state index contributed by atoms with van der Waals surface area (Å²) in [5.74, 6) is 1.07. The van der Waals surface area contributed by atoms with E-state index in [2.05, 4.69) is 15.0 Å². The molecule has 0 spiro atoms. The van der Waals surface area contributed by atoms with E-state index in [0.717, 1.165) is 0 Å². The van der Waals surface area contributed by atoms with E-state index in [9.17, 15) is 0 Å². The summed E-state index contributed by atoms with van der Waals surface area (Å²) in [6, 6.07) is -1.84. The Morgan fingerprint density at radius 3 is 2.24 bits per heavy atom. The van der Waals surface area contributed by atoms with Gasteiger partial charge in [0.05, 0.1) is 6.85 Å². The molecule has 3 heteroatoms. The molecule has 0 aliphatic heterocycles. The first-order valence-electron chi connectivity index (χ1n) is 7.84. The molecule has 88 valence electrons. The average Bonchev–Trinajstić information content (AvgIpc) is 2.42. The minimum atomic E-state index is -0.430. The molecule has 0 saturated heterocycles. The zero-order chi connectivity index (χ0) is 16.8. The van der Waals surface area contributed by atoms with Gasteiger partial charge in [-0.2, -0.15) is 0 Å². The minimum absolute atomic E-state index is 0.00185. The number of nitrogens with zero attached hydrogens (tertiary/aromatic N) is 3. The second-order valence-electron chi connectivity index (χ2n) is 4.78. The van der Waals surface area contributed by atoms with Gasteiger partial charge in [-0.15, -0.1) is 0 Å². The van der Waals surface area contributed by atoms with Crippen molar-refractivity contribution in [2.75, 3.05) is 0 Å². The lowest BCUT2D eigenvalue weighted by atomic mass is 9.95. The molecule has 2 aromatic rings. The fourth-order valence-corrected chi connectivity index (χ4v) is 1.29. The molecule has 3 nitrogen and oxygen atoms in total. The van der Waals surface area contributed by atoms with Gasteiger partial charge in [0, 0.05) is 11.0 Å². The number of hydrogen-bond donors (Lipinski definition) is 0. The summed E-state index contributed by atoms with van der Waals surface area (Å²) in [6.07, 6.45) is 0. The van der Waals surface area contributed by atoms with Crippen LogP contribution in [0.3, 0.4) is 0 Å². The Morgan fingerprint density at radius 1 is 1.00 bits per heavy atom. The molecule has 0 radical (unpaired) electrons. The number of hydrogen-bond acceptors (Lipinski definition) is 3. The van der Waals surface area contributed by atoms with Crippen LogP contribution in [0.5, 0.6) is 0 Å². The Kier molecular flexibility index (Phi) is 1.71. The number of aryl methyl sites for hydroxylation is 1. The molecule has 2 rings (SSSR count). The van der Waals surface area contributed by atoms with Crippen molar-refractivity contribution in [3.05, 3.63) is 41.9 Å². The van der Waals surface area contributed by atoms with Crippen LogP contribution in [0.25, 0.3) is 11.4 Å². The van der Waals surface area contributed by atoms with Crippen LogP contribution < -0.4 is 0 Å². The molecule has 0 unspecified atom stereocenters. The summed E-state index contributed by atoms with van der Waals surface area (Å²) in [7, 11) is 0. The minimum Gasteiger partial charge on any atom is -0.218 e. The van der Waals surface area contributed by atoms with Gasteiger partial charge in [-0.3, -0.25) is 0 Å². The fraction of sp³-hybridized carbons (Fsp3) is 0.357. The highest BCUT2D eigenvalue weighted by Crippen LogP contribution is 2.21. The van der Waals surface area contributed by atoms with Gasteiger partial charge < -0.3 is 0 Å². The van der Waals surface area contributed by atoms with Crippen molar-refractivity contribution < 1.29 is 6.85 Å². The lowest BCUT2D eigenvalue weighted by Crippen LogP contribution is -2.18. The second kappa shape index (κ2) is 4.24. The quantitative estimate of drug-likeness (QED) is 0.758. The van der Waals surface area contributed by atoms with E-state index >= 15 is 0 Å². The highest BCUT2D eigenvalue weighted by Gasteiger charge is 2.19. The number of aromatic nitrogens is 3. The number of rotatable bonds is 1. The van der Waals surface area contributed by atoms with E-state index in [1.807, 2.05) is 20.8 Å².